The Morgan fingerprint density at radius 3 is 2.50 bits per heavy atom. The number of sulfonamides is 1. The lowest BCUT2D eigenvalue weighted by Crippen LogP contribution is -2.27. The maximum atomic E-state index is 13.8. The van der Waals surface area contributed by atoms with Gasteiger partial charge in [0.05, 0.1) is 23.3 Å². The van der Waals surface area contributed by atoms with Crippen molar-refractivity contribution >= 4 is 21.6 Å². The van der Waals surface area contributed by atoms with Gasteiger partial charge in [0.2, 0.25) is 10.0 Å². The van der Waals surface area contributed by atoms with Crippen LogP contribution >= 0.6 is 0 Å². The van der Waals surface area contributed by atoms with Crippen molar-refractivity contribution in [2.75, 3.05) is 19.0 Å². The number of hydrogen-bond acceptors (Lipinski definition) is 4. The summed E-state index contributed by atoms with van der Waals surface area (Å²) >= 11 is 0. The van der Waals surface area contributed by atoms with Crippen LogP contribution in [0, 0.1) is 11.7 Å². The van der Waals surface area contributed by atoms with E-state index >= 15 is 0 Å². The SMILES string of the molecule is COc1ccc(S(=O)(=O)NCC(C)C)cc1NC(=O)c1ccccc1F. The molecule has 140 valence electrons. The molecule has 0 aliphatic rings. The van der Waals surface area contributed by atoms with E-state index in [1.165, 1.54) is 49.6 Å². The van der Waals surface area contributed by atoms with Crippen molar-refractivity contribution in [2.45, 2.75) is 18.7 Å². The number of methoxy groups -OCH3 is 1. The first kappa shape index (κ1) is 19.9. The molecule has 0 fully saturated rings. The van der Waals surface area contributed by atoms with Gasteiger partial charge in [0.25, 0.3) is 5.91 Å². The monoisotopic (exact) mass is 380 g/mol. The van der Waals surface area contributed by atoms with Gasteiger partial charge in [-0.25, -0.2) is 17.5 Å². The normalized spacial score (nSPS) is 11.4. The molecule has 0 unspecified atom stereocenters. The lowest BCUT2D eigenvalue weighted by atomic mass is 10.2. The molecule has 0 spiro atoms. The molecule has 26 heavy (non-hydrogen) atoms. The van der Waals surface area contributed by atoms with E-state index in [0.29, 0.717) is 0 Å². The van der Waals surface area contributed by atoms with Gasteiger partial charge in [-0.3, -0.25) is 4.79 Å². The smallest absolute Gasteiger partial charge is 0.258 e. The van der Waals surface area contributed by atoms with E-state index in [1.807, 2.05) is 13.8 Å². The zero-order valence-electron chi connectivity index (χ0n) is 14.7. The highest BCUT2D eigenvalue weighted by Crippen LogP contribution is 2.28. The van der Waals surface area contributed by atoms with Gasteiger partial charge in [-0.2, -0.15) is 0 Å². The molecule has 2 aromatic carbocycles. The number of carbonyl (C=O) groups is 1. The Bertz CT molecular complexity index is 898. The zero-order valence-corrected chi connectivity index (χ0v) is 15.6. The molecule has 0 saturated carbocycles. The van der Waals surface area contributed by atoms with Crippen LogP contribution in [0.5, 0.6) is 5.75 Å². The number of anilines is 1. The van der Waals surface area contributed by atoms with Crippen molar-refractivity contribution in [3.05, 3.63) is 53.8 Å². The third-order valence-electron chi connectivity index (χ3n) is 3.53. The molecule has 6 nitrogen and oxygen atoms in total. The van der Waals surface area contributed by atoms with Gasteiger partial charge in [-0.05, 0) is 36.2 Å². The number of nitrogens with one attached hydrogen (secondary N) is 2. The van der Waals surface area contributed by atoms with E-state index in [-0.39, 0.29) is 34.4 Å². The molecule has 0 aliphatic heterocycles. The predicted molar refractivity (Wildman–Crippen MR) is 97.4 cm³/mol. The van der Waals surface area contributed by atoms with Gasteiger partial charge < -0.3 is 10.1 Å². The average Bonchev–Trinajstić information content (AvgIpc) is 2.60. The first-order valence-electron chi connectivity index (χ1n) is 7.98. The molecule has 0 radical (unpaired) electrons. The first-order valence-corrected chi connectivity index (χ1v) is 9.46. The fourth-order valence-corrected chi connectivity index (χ4v) is 3.39. The Kier molecular flexibility index (Phi) is 6.33. The minimum atomic E-state index is -3.74. The molecule has 8 heteroatoms. The summed E-state index contributed by atoms with van der Waals surface area (Å²) in [7, 11) is -2.35. The fourth-order valence-electron chi connectivity index (χ4n) is 2.15. The van der Waals surface area contributed by atoms with Crippen LogP contribution in [0.1, 0.15) is 24.2 Å². The number of amides is 1. The number of halogens is 1. The summed E-state index contributed by atoms with van der Waals surface area (Å²) in [6, 6.07) is 9.60. The Labute approximate surface area is 152 Å². The third-order valence-corrected chi connectivity index (χ3v) is 4.95. The van der Waals surface area contributed by atoms with Crippen molar-refractivity contribution in [1.29, 1.82) is 0 Å². The van der Waals surface area contributed by atoms with Gasteiger partial charge in [0.15, 0.2) is 0 Å². The van der Waals surface area contributed by atoms with Crippen LogP contribution in [0.25, 0.3) is 0 Å². The van der Waals surface area contributed by atoms with Gasteiger partial charge in [0, 0.05) is 6.54 Å². The molecule has 0 aliphatic carbocycles. The Hall–Kier alpha value is -2.45. The molecule has 0 bridgehead atoms. The second kappa shape index (κ2) is 8.29. The standard InChI is InChI=1S/C18H21FN2O4S/c1-12(2)11-20-26(23,24)13-8-9-17(25-3)16(10-13)21-18(22)14-6-4-5-7-15(14)19/h4-10,12,20H,11H2,1-3H3,(H,21,22). The maximum Gasteiger partial charge on any atom is 0.258 e. The molecule has 0 saturated heterocycles. The maximum absolute atomic E-state index is 13.8. The molecular weight excluding hydrogens is 359 g/mol. The van der Waals surface area contributed by atoms with Gasteiger partial charge >= 0.3 is 0 Å². The topological polar surface area (TPSA) is 84.5 Å². The highest BCUT2D eigenvalue weighted by Gasteiger charge is 2.19. The number of hydrogen-bond donors (Lipinski definition) is 2. The molecule has 2 aromatic rings. The van der Waals surface area contributed by atoms with Crippen LogP contribution in [0.15, 0.2) is 47.4 Å². The summed E-state index contributed by atoms with van der Waals surface area (Å²) < 4.78 is 46.2. The fraction of sp³-hybridized carbons (Fsp3) is 0.278. The summed E-state index contributed by atoms with van der Waals surface area (Å²) in [6.07, 6.45) is 0. The minimum Gasteiger partial charge on any atom is -0.495 e. The first-order chi connectivity index (χ1) is 12.2. The number of rotatable bonds is 7. The van der Waals surface area contributed by atoms with Crippen molar-refractivity contribution < 1.29 is 22.3 Å². The van der Waals surface area contributed by atoms with Gasteiger partial charge in [0.1, 0.15) is 11.6 Å². The summed E-state index contributed by atoms with van der Waals surface area (Å²) in [5, 5.41) is 2.50. The zero-order chi connectivity index (χ0) is 19.3. The lowest BCUT2D eigenvalue weighted by molar-refractivity contribution is 0.102. The highest BCUT2D eigenvalue weighted by molar-refractivity contribution is 7.89. The van der Waals surface area contributed by atoms with Gasteiger partial charge in [-0.1, -0.05) is 26.0 Å². The lowest BCUT2D eigenvalue weighted by Gasteiger charge is -2.14. The van der Waals surface area contributed by atoms with E-state index < -0.39 is 21.7 Å². The number of ether oxygens (including phenoxy) is 1. The van der Waals surface area contributed by atoms with E-state index in [1.54, 1.807) is 0 Å². The second-order valence-electron chi connectivity index (χ2n) is 6.04. The van der Waals surface area contributed by atoms with E-state index in [2.05, 4.69) is 10.0 Å². The van der Waals surface area contributed by atoms with Crippen LogP contribution in [0.2, 0.25) is 0 Å². The van der Waals surface area contributed by atoms with Crippen LogP contribution in [-0.4, -0.2) is 28.0 Å². The van der Waals surface area contributed by atoms with Crippen molar-refractivity contribution in [3.8, 4) is 5.75 Å². The van der Waals surface area contributed by atoms with E-state index in [4.69, 9.17) is 4.74 Å². The van der Waals surface area contributed by atoms with Crippen molar-refractivity contribution in [3.63, 3.8) is 0 Å². The van der Waals surface area contributed by atoms with Crippen molar-refractivity contribution in [2.24, 2.45) is 5.92 Å². The van der Waals surface area contributed by atoms with Gasteiger partial charge in [-0.15, -0.1) is 0 Å². The molecular formula is C18H21FN2O4S. The Morgan fingerprint density at radius 1 is 1.19 bits per heavy atom. The molecule has 0 aromatic heterocycles. The molecule has 0 atom stereocenters. The number of carbonyl (C=O) groups excluding carboxylic acids is 1. The quantitative estimate of drug-likeness (QED) is 0.773. The Morgan fingerprint density at radius 2 is 1.88 bits per heavy atom. The minimum absolute atomic E-state index is 0.0252. The van der Waals surface area contributed by atoms with Crippen LogP contribution in [0.3, 0.4) is 0 Å². The van der Waals surface area contributed by atoms with Crippen molar-refractivity contribution in [1.82, 2.24) is 4.72 Å². The third kappa shape index (κ3) is 4.80. The Balaban J connectivity index is 2.33. The molecule has 1 amide bonds. The molecule has 2 N–H and O–H groups in total. The molecule has 0 heterocycles. The summed E-state index contributed by atoms with van der Waals surface area (Å²) in [6.45, 7) is 4.05. The molecule has 2 rings (SSSR count). The van der Waals surface area contributed by atoms with Crippen LogP contribution < -0.4 is 14.8 Å². The van der Waals surface area contributed by atoms with E-state index in [0.717, 1.165) is 0 Å². The predicted octanol–water partition coefficient (Wildman–Crippen LogP) is 3.02. The van der Waals surface area contributed by atoms with E-state index in [9.17, 15) is 17.6 Å². The average molecular weight is 380 g/mol. The summed E-state index contributed by atoms with van der Waals surface area (Å²) in [5.74, 6) is -0.974. The second-order valence-corrected chi connectivity index (χ2v) is 7.81. The highest BCUT2D eigenvalue weighted by atomic mass is 32.2. The van der Waals surface area contributed by atoms with Crippen LogP contribution in [-0.2, 0) is 10.0 Å². The van der Waals surface area contributed by atoms with Crippen LogP contribution in [0.4, 0.5) is 10.1 Å². The largest absolute Gasteiger partial charge is 0.495 e. The summed E-state index contributed by atoms with van der Waals surface area (Å²) in [5.41, 5.74) is -0.0195. The number of benzene rings is 2. The summed E-state index contributed by atoms with van der Waals surface area (Å²) in [4.78, 5) is 12.3.